The van der Waals surface area contributed by atoms with Crippen LogP contribution in [0.3, 0.4) is 0 Å². The Labute approximate surface area is 78.9 Å². The average molecular weight is 180 g/mol. The summed E-state index contributed by atoms with van der Waals surface area (Å²) in [6.45, 7) is 5.68. The molecule has 2 atom stereocenters. The van der Waals surface area contributed by atoms with Crippen LogP contribution in [0.2, 0.25) is 0 Å². The van der Waals surface area contributed by atoms with Crippen LogP contribution in [0.15, 0.2) is 12.2 Å². The van der Waals surface area contributed by atoms with Crippen molar-refractivity contribution >= 4 is 0 Å². The first kappa shape index (κ1) is 8.01. The van der Waals surface area contributed by atoms with Crippen LogP contribution in [0.4, 0.5) is 0 Å². The van der Waals surface area contributed by atoms with E-state index in [0.29, 0.717) is 11.8 Å². The topological polar surface area (TPSA) is 18.5 Å². The first-order valence-electron chi connectivity index (χ1n) is 5.26. The smallest absolute Gasteiger partial charge is 0.174 e. The summed E-state index contributed by atoms with van der Waals surface area (Å²) in [4.78, 5) is 0. The Kier molecular flexibility index (Phi) is 1.59. The molecule has 2 aliphatic carbocycles. The van der Waals surface area contributed by atoms with Crippen LogP contribution < -0.4 is 0 Å². The van der Waals surface area contributed by atoms with Gasteiger partial charge in [0.25, 0.3) is 0 Å². The Morgan fingerprint density at radius 2 is 1.62 bits per heavy atom. The third-order valence-electron chi connectivity index (χ3n) is 3.81. The van der Waals surface area contributed by atoms with Gasteiger partial charge in [-0.05, 0) is 25.7 Å². The van der Waals surface area contributed by atoms with Crippen LogP contribution in [-0.4, -0.2) is 19.0 Å². The molecule has 2 bridgehead atoms. The second kappa shape index (κ2) is 2.58. The summed E-state index contributed by atoms with van der Waals surface area (Å²) in [5.74, 6) is 1.02. The Morgan fingerprint density at radius 3 is 2.15 bits per heavy atom. The van der Waals surface area contributed by atoms with Gasteiger partial charge in [0, 0.05) is 11.8 Å². The Bertz CT molecular complexity index is 222. The van der Waals surface area contributed by atoms with Gasteiger partial charge in [0.2, 0.25) is 0 Å². The van der Waals surface area contributed by atoms with E-state index in [1.807, 2.05) is 0 Å². The quantitative estimate of drug-likeness (QED) is 0.531. The van der Waals surface area contributed by atoms with Crippen LogP contribution in [-0.2, 0) is 9.47 Å². The van der Waals surface area contributed by atoms with Gasteiger partial charge in [-0.25, -0.2) is 0 Å². The van der Waals surface area contributed by atoms with Gasteiger partial charge < -0.3 is 9.47 Å². The van der Waals surface area contributed by atoms with E-state index in [9.17, 15) is 0 Å². The van der Waals surface area contributed by atoms with Crippen molar-refractivity contribution in [3.63, 3.8) is 0 Å². The summed E-state index contributed by atoms with van der Waals surface area (Å²) < 4.78 is 11.7. The molecule has 3 fully saturated rings. The molecule has 2 saturated carbocycles. The Hall–Kier alpha value is -0.340. The van der Waals surface area contributed by atoms with Gasteiger partial charge in [0.1, 0.15) is 0 Å². The highest BCUT2D eigenvalue weighted by atomic mass is 16.7. The predicted octanol–water partition coefficient (Wildman–Crippen LogP) is 2.11. The zero-order chi connectivity index (χ0) is 8.89. The second-order valence-corrected chi connectivity index (χ2v) is 4.55. The molecule has 0 unspecified atom stereocenters. The molecule has 72 valence electrons. The molecular weight excluding hydrogens is 164 g/mol. The number of rotatable bonds is 0. The van der Waals surface area contributed by atoms with Crippen molar-refractivity contribution in [3.05, 3.63) is 12.2 Å². The van der Waals surface area contributed by atoms with Crippen LogP contribution in [0.25, 0.3) is 0 Å². The maximum absolute atomic E-state index is 5.85. The zero-order valence-electron chi connectivity index (χ0n) is 7.92. The molecule has 0 aromatic rings. The Morgan fingerprint density at radius 1 is 1.08 bits per heavy atom. The predicted molar refractivity (Wildman–Crippen MR) is 49.2 cm³/mol. The first-order chi connectivity index (χ1) is 6.31. The van der Waals surface area contributed by atoms with Crippen molar-refractivity contribution in [2.24, 2.45) is 11.8 Å². The van der Waals surface area contributed by atoms with E-state index in [-0.39, 0.29) is 5.79 Å². The van der Waals surface area contributed by atoms with E-state index in [4.69, 9.17) is 9.47 Å². The Balaban J connectivity index is 1.93. The van der Waals surface area contributed by atoms with Crippen LogP contribution in [0.1, 0.15) is 25.7 Å². The van der Waals surface area contributed by atoms with E-state index < -0.39 is 0 Å². The molecule has 3 rings (SSSR count). The third kappa shape index (κ3) is 0.960. The second-order valence-electron chi connectivity index (χ2n) is 4.55. The summed E-state index contributed by atoms with van der Waals surface area (Å²) in [5, 5.41) is 0. The number of allylic oxidation sites excluding steroid dienone is 1. The molecule has 1 spiro atoms. The monoisotopic (exact) mass is 180 g/mol. The lowest BCUT2D eigenvalue weighted by molar-refractivity contribution is -0.215. The largest absolute Gasteiger partial charge is 0.347 e. The molecular formula is C11H16O2. The van der Waals surface area contributed by atoms with E-state index in [1.165, 1.54) is 18.4 Å². The molecule has 2 nitrogen and oxygen atoms in total. The number of hydrogen-bond donors (Lipinski definition) is 0. The molecule has 0 aromatic heterocycles. The normalized spacial score (nSPS) is 41.7. The molecule has 1 heterocycles. The summed E-state index contributed by atoms with van der Waals surface area (Å²) in [5.41, 5.74) is 1.40. The fourth-order valence-electron chi connectivity index (χ4n) is 3.32. The van der Waals surface area contributed by atoms with E-state index in [1.54, 1.807) is 0 Å². The standard InChI is InChI=1S/C11H16O2/c1-8-6-9-2-3-10(7-8)11(9)12-4-5-13-11/h9-10H,1-7H2/t9-,10+. The molecule has 1 aliphatic heterocycles. The van der Waals surface area contributed by atoms with Crippen molar-refractivity contribution in [3.8, 4) is 0 Å². The van der Waals surface area contributed by atoms with Crippen molar-refractivity contribution in [1.82, 2.24) is 0 Å². The molecule has 13 heavy (non-hydrogen) atoms. The molecule has 3 aliphatic rings. The fourth-order valence-corrected chi connectivity index (χ4v) is 3.32. The van der Waals surface area contributed by atoms with Gasteiger partial charge in [0.15, 0.2) is 5.79 Å². The fraction of sp³-hybridized carbons (Fsp3) is 0.818. The molecule has 0 radical (unpaired) electrons. The van der Waals surface area contributed by atoms with Gasteiger partial charge in [-0.3, -0.25) is 0 Å². The maximum atomic E-state index is 5.85. The lowest BCUT2D eigenvalue weighted by Gasteiger charge is -2.39. The lowest BCUT2D eigenvalue weighted by Crippen LogP contribution is -2.44. The van der Waals surface area contributed by atoms with Gasteiger partial charge in [0.05, 0.1) is 13.2 Å². The summed E-state index contributed by atoms with van der Waals surface area (Å²) in [6, 6.07) is 0. The highest BCUT2D eigenvalue weighted by Gasteiger charge is 2.56. The molecule has 0 aromatic carbocycles. The minimum Gasteiger partial charge on any atom is -0.347 e. The van der Waals surface area contributed by atoms with Gasteiger partial charge in [-0.1, -0.05) is 12.2 Å². The molecule has 0 N–H and O–H groups in total. The first-order valence-corrected chi connectivity index (χ1v) is 5.26. The van der Waals surface area contributed by atoms with Crippen LogP contribution >= 0.6 is 0 Å². The van der Waals surface area contributed by atoms with E-state index >= 15 is 0 Å². The highest BCUT2D eigenvalue weighted by molar-refractivity contribution is 5.12. The molecule has 2 heteroatoms. The number of ether oxygens (including phenoxy) is 2. The van der Waals surface area contributed by atoms with E-state index in [2.05, 4.69) is 6.58 Å². The summed E-state index contributed by atoms with van der Waals surface area (Å²) in [6.07, 6.45) is 4.78. The summed E-state index contributed by atoms with van der Waals surface area (Å²) >= 11 is 0. The third-order valence-corrected chi connectivity index (χ3v) is 3.81. The highest BCUT2D eigenvalue weighted by Crippen LogP contribution is 2.54. The summed E-state index contributed by atoms with van der Waals surface area (Å²) in [7, 11) is 0. The lowest BCUT2D eigenvalue weighted by atomic mass is 9.80. The van der Waals surface area contributed by atoms with Crippen LogP contribution in [0.5, 0.6) is 0 Å². The van der Waals surface area contributed by atoms with Crippen LogP contribution in [0, 0.1) is 11.8 Å². The average Bonchev–Trinajstić information content (AvgIpc) is 2.63. The van der Waals surface area contributed by atoms with Crippen molar-refractivity contribution in [2.45, 2.75) is 31.5 Å². The minimum absolute atomic E-state index is 0.179. The SMILES string of the molecule is C=C1C[C@H]2CC[C@@H](C1)C21OCCO1. The van der Waals surface area contributed by atoms with E-state index in [0.717, 1.165) is 26.1 Å². The van der Waals surface area contributed by atoms with Gasteiger partial charge >= 0.3 is 0 Å². The van der Waals surface area contributed by atoms with Gasteiger partial charge in [-0.2, -0.15) is 0 Å². The minimum atomic E-state index is -0.179. The van der Waals surface area contributed by atoms with Gasteiger partial charge in [-0.15, -0.1) is 0 Å². The van der Waals surface area contributed by atoms with Crippen molar-refractivity contribution in [1.29, 1.82) is 0 Å². The number of hydrogen-bond acceptors (Lipinski definition) is 2. The molecule has 0 amide bonds. The maximum Gasteiger partial charge on any atom is 0.174 e. The zero-order valence-corrected chi connectivity index (χ0v) is 7.92. The van der Waals surface area contributed by atoms with Crippen molar-refractivity contribution in [2.75, 3.05) is 13.2 Å². The van der Waals surface area contributed by atoms with Crippen molar-refractivity contribution < 1.29 is 9.47 Å². The molecule has 1 saturated heterocycles.